The molecule has 0 atom stereocenters. The fraction of sp³-hybridized carbons (Fsp3) is 0.500. The van der Waals surface area contributed by atoms with Crippen LogP contribution in [0, 0.1) is 22.7 Å². The molecule has 8 nitrogen and oxygen atoms in total. The van der Waals surface area contributed by atoms with E-state index in [0.717, 1.165) is 87.2 Å². The van der Waals surface area contributed by atoms with Crippen molar-refractivity contribution in [1.29, 1.82) is 10.5 Å². The second kappa shape index (κ2) is 20.6. The van der Waals surface area contributed by atoms with Gasteiger partial charge in [0.05, 0.1) is 13.2 Å². The van der Waals surface area contributed by atoms with E-state index in [1.54, 1.807) is 12.4 Å². The zero-order valence-corrected chi connectivity index (χ0v) is 27.6. The van der Waals surface area contributed by atoms with Gasteiger partial charge in [-0.3, -0.25) is 0 Å². The molecule has 0 amide bonds. The van der Waals surface area contributed by atoms with E-state index in [1.807, 2.05) is 48.5 Å². The van der Waals surface area contributed by atoms with Gasteiger partial charge < -0.3 is 19.3 Å². The van der Waals surface area contributed by atoms with Crippen LogP contribution in [0.15, 0.2) is 57.8 Å². The molecule has 0 saturated heterocycles. The Morgan fingerprint density at radius 3 is 1.34 bits per heavy atom. The van der Waals surface area contributed by atoms with E-state index in [9.17, 15) is 10.5 Å². The third-order valence-electron chi connectivity index (χ3n) is 7.36. The SMILES string of the molecule is CCCCCOc1cc(N(CC)CC)ccc1C=N/C(C#N)=C(\C#N)N=Cc1ccc(N(CC)CC)cc1OCCCCC. The zero-order valence-electron chi connectivity index (χ0n) is 27.6. The van der Waals surface area contributed by atoms with Gasteiger partial charge in [-0.15, -0.1) is 0 Å². The topological polar surface area (TPSA) is 97.2 Å². The highest BCUT2D eigenvalue weighted by Gasteiger charge is 2.11. The molecule has 0 N–H and O–H groups in total. The predicted molar refractivity (Wildman–Crippen MR) is 183 cm³/mol. The summed E-state index contributed by atoms with van der Waals surface area (Å²) in [5.74, 6) is 1.40. The van der Waals surface area contributed by atoms with Gasteiger partial charge in [-0.1, -0.05) is 39.5 Å². The van der Waals surface area contributed by atoms with Crippen molar-refractivity contribution in [3.05, 3.63) is 58.9 Å². The molecule has 0 radical (unpaired) electrons. The Balaban J connectivity index is 2.43. The molecule has 44 heavy (non-hydrogen) atoms. The van der Waals surface area contributed by atoms with E-state index < -0.39 is 0 Å². The minimum absolute atomic E-state index is 0.0707. The fourth-order valence-electron chi connectivity index (χ4n) is 4.70. The van der Waals surface area contributed by atoms with Crippen molar-refractivity contribution >= 4 is 23.8 Å². The molecular weight excluding hydrogens is 548 g/mol. The Bertz CT molecular complexity index is 1230. The van der Waals surface area contributed by atoms with Crippen LogP contribution in [0.25, 0.3) is 0 Å². The van der Waals surface area contributed by atoms with Crippen LogP contribution in [0.3, 0.4) is 0 Å². The molecule has 0 aliphatic rings. The summed E-state index contributed by atoms with van der Waals surface area (Å²) in [5.41, 5.74) is 3.46. The van der Waals surface area contributed by atoms with Crippen molar-refractivity contribution in [3.63, 3.8) is 0 Å². The van der Waals surface area contributed by atoms with Crippen LogP contribution in [0.1, 0.15) is 91.2 Å². The molecule has 0 aliphatic carbocycles. The maximum absolute atomic E-state index is 9.91. The molecule has 2 rings (SSSR count). The first-order valence-corrected chi connectivity index (χ1v) is 16.2. The third kappa shape index (κ3) is 11.1. The van der Waals surface area contributed by atoms with Gasteiger partial charge in [-0.25, -0.2) is 9.98 Å². The third-order valence-corrected chi connectivity index (χ3v) is 7.36. The van der Waals surface area contributed by atoms with Crippen molar-refractivity contribution in [2.45, 2.75) is 80.1 Å². The highest BCUT2D eigenvalue weighted by Crippen LogP contribution is 2.27. The van der Waals surface area contributed by atoms with E-state index in [-0.39, 0.29) is 11.4 Å². The highest BCUT2D eigenvalue weighted by atomic mass is 16.5. The van der Waals surface area contributed by atoms with Gasteiger partial charge in [-0.2, -0.15) is 10.5 Å². The number of anilines is 2. The maximum Gasteiger partial charge on any atom is 0.176 e. The number of nitrogens with zero attached hydrogens (tertiary/aromatic N) is 6. The molecule has 0 heterocycles. The standard InChI is InChI=1S/C36H50N6O2/c1-7-13-15-21-43-35-23-31(41(9-3)10-4)19-17-29(35)27-39-33(25-37)34(26-38)40-28-30-18-20-32(42(11-5)12-6)24-36(30)44-22-16-14-8-2/h17-20,23-24,27-28H,7-16,21-22H2,1-6H3/b34-33+,39-27?,40-28?. The number of unbranched alkanes of at least 4 members (excludes halogenated alkanes) is 4. The van der Waals surface area contributed by atoms with Crippen LogP contribution in [-0.4, -0.2) is 51.8 Å². The summed E-state index contributed by atoms with van der Waals surface area (Å²) in [5, 5.41) is 19.8. The molecule has 2 aromatic rings. The summed E-state index contributed by atoms with van der Waals surface area (Å²) >= 11 is 0. The van der Waals surface area contributed by atoms with Gasteiger partial charge in [0.15, 0.2) is 11.4 Å². The number of rotatable bonds is 20. The molecule has 8 heteroatoms. The number of hydrogen-bond donors (Lipinski definition) is 0. The minimum atomic E-state index is -0.0707. The van der Waals surface area contributed by atoms with Crippen LogP contribution in [-0.2, 0) is 0 Å². The molecule has 0 saturated carbocycles. The van der Waals surface area contributed by atoms with E-state index >= 15 is 0 Å². The molecule has 0 bridgehead atoms. The lowest BCUT2D eigenvalue weighted by Gasteiger charge is -2.22. The van der Waals surface area contributed by atoms with E-state index in [0.29, 0.717) is 24.7 Å². The van der Waals surface area contributed by atoms with E-state index in [1.165, 1.54) is 0 Å². The first-order chi connectivity index (χ1) is 21.5. The van der Waals surface area contributed by atoms with Gasteiger partial charge in [0.1, 0.15) is 23.6 Å². The lowest BCUT2D eigenvalue weighted by atomic mass is 10.1. The van der Waals surface area contributed by atoms with Crippen LogP contribution in [0.2, 0.25) is 0 Å². The lowest BCUT2D eigenvalue weighted by molar-refractivity contribution is 0.306. The molecule has 0 aromatic heterocycles. The number of hydrogen-bond acceptors (Lipinski definition) is 8. The summed E-state index contributed by atoms with van der Waals surface area (Å²) < 4.78 is 12.3. The number of nitriles is 2. The molecule has 0 spiro atoms. The van der Waals surface area contributed by atoms with E-state index in [4.69, 9.17) is 9.47 Å². The predicted octanol–water partition coefficient (Wildman–Crippen LogP) is 8.31. The van der Waals surface area contributed by atoms with Crippen LogP contribution >= 0.6 is 0 Å². The van der Waals surface area contributed by atoms with Gasteiger partial charge >= 0.3 is 0 Å². The Morgan fingerprint density at radius 2 is 1.02 bits per heavy atom. The average Bonchev–Trinajstić information content (AvgIpc) is 3.05. The van der Waals surface area contributed by atoms with E-state index in [2.05, 4.69) is 61.3 Å². The average molecular weight is 599 g/mol. The minimum Gasteiger partial charge on any atom is -0.493 e. The van der Waals surface area contributed by atoms with Crippen LogP contribution in [0.5, 0.6) is 11.5 Å². The first kappa shape index (κ1) is 35.9. The monoisotopic (exact) mass is 598 g/mol. The van der Waals surface area contributed by atoms with Crippen molar-refractivity contribution < 1.29 is 9.47 Å². The second-order valence-corrected chi connectivity index (χ2v) is 10.3. The highest BCUT2D eigenvalue weighted by molar-refractivity contribution is 5.87. The summed E-state index contributed by atoms with van der Waals surface area (Å²) in [6.07, 6.45) is 9.47. The Hall–Kier alpha value is -4.30. The molecule has 0 aliphatic heterocycles. The van der Waals surface area contributed by atoms with Crippen molar-refractivity contribution in [2.24, 2.45) is 9.98 Å². The molecule has 2 aromatic carbocycles. The number of ether oxygens (including phenoxy) is 2. The summed E-state index contributed by atoms with van der Waals surface area (Å²) in [6, 6.07) is 16.1. The Labute approximate surface area is 265 Å². The molecule has 0 fully saturated rings. The Kier molecular flexibility index (Phi) is 16.8. The number of benzene rings is 2. The second-order valence-electron chi connectivity index (χ2n) is 10.3. The van der Waals surface area contributed by atoms with Crippen LogP contribution in [0.4, 0.5) is 11.4 Å². The van der Waals surface area contributed by atoms with Gasteiger partial charge in [-0.05, 0) is 64.8 Å². The molecule has 0 unspecified atom stereocenters. The fourth-order valence-corrected chi connectivity index (χ4v) is 4.70. The summed E-state index contributed by atoms with van der Waals surface area (Å²) in [7, 11) is 0. The molecular formula is C36H50N6O2. The quantitative estimate of drug-likeness (QED) is 0.0864. The van der Waals surface area contributed by atoms with Crippen molar-refractivity contribution in [3.8, 4) is 23.6 Å². The maximum atomic E-state index is 9.91. The number of aliphatic imine (C=N–C) groups is 2. The molecule has 236 valence electrons. The van der Waals surface area contributed by atoms with Gasteiger partial charge in [0.25, 0.3) is 0 Å². The van der Waals surface area contributed by atoms with Gasteiger partial charge in [0, 0.05) is 73.2 Å². The van der Waals surface area contributed by atoms with Crippen LogP contribution < -0.4 is 19.3 Å². The first-order valence-electron chi connectivity index (χ1n) is 16.2. The smallest absolute Gasteiger partial charge is 0.176 e. The summed E-state index contributed by atoms with van der Waals surface area (Å²) in [6.45, 7) is 17.5. The largest absolute Gasteiger partial charge is 0.493 e. The zero-order chi connectivity index (χ0) is 32.2. The summed E-state index contributed by atoms with van der Waals surface area (Å²) in [4.78, 5) is 13.3. The van der Waals surface area contributed by atoms with Crippen molar-refractivity contribution in [2.75, 3.05) is 49.2 Å². The lowest BCUT2D eigenvalue weighted by Crippen LogP contribution is -2.21. The normalized spacial score (nSPS) is 11.7. The van der Waals surface area contributed by atoms with Crippen molar-refractivity contribution in [1.82, 2.24) is 0 Å². The number of allylic oxidation sites excluding steroid dienone is 2. The van der Waals surface area contributed by atoms with Gasteiger partial charge in [0.2, 0.25) is 0 Å². The Morgan fingerprint density at radius 1 is 0.636 bits per heavy atom.